The summed E-state index contributed by atoms with van der Waals surface area (Å²) in [4.78, 5) is 15.8. The summed E-state index contributed by atoms with van der Waals surface area (Å²) >= 11 is 0. The van der Waals surface area contributed by atoms with E-state index in [1.54, 1.807) is 12.1 Å². The van der Waals surface area contributed by atoms with Gasteiger partial charge in [-0.2, -0.15) is 13.2 Å². The Labute approximate surface area is 114 Å². The molecular weight excluding hydrogens is 267 g/mol. The van der Waals surface area contributed by atoms with Crippen LogP contribution in [0.3, 0.4) is 0 Å². The van der Waals surface area contributed by atoms with Gasteiger partial charge in [0.1, 0.15) is 0 Å². The predicted molar refractivity (Wildman–Crippen MR) is 68.5 cm³/mol. The summed E-state index contributed by atoms with van der Waals surface area (Å²) in [5, 5.41) is 0. The third kappa shape index (κ3) is 2.87. The number of pyridine rings is 1. The summed E-state index contributed by atoms with van der Waals surface area (Å²) in [7, 11) is 0. The molecule has 1 heterocycles. The second-order valence-corrected chi connectivity index (χ2v) is 4.30. The highest BCUT2D eigenvalue weighted by Crippen LogP contribution is 2.32. The summed E-state index contributed by atoms with van der Waals surface area (Å²) < 4.78 is 38.6. The number of nitrogens with zero attached hydrogens (tertiary/aromatic N) is 1. The van der Waals surface area contributed by atoms with Gasteiger partial charge < -0.3 is 0 Å². The zero-order valence-corrected chi connectivity index (χ0v) is 10.7. The molecule has 5 heteroatoms. The van der Waals surface area contributed by atoms with Crippen molar-refractivity contribution in [2.45, 2.75) is 19.5 Å². The first-order chi connectivity index (χ1) is 9.43. The van der Waals surface area contributed by atoms with Gasteiger partial charge in [0.15, 0.2) is 5.78 Å². The number of carbonyl (C=O) groups excluding carboxylic acids is 1. The Morgan fingerprint density at radius 3 is 2.35 bits per heavy atom. The third-order valence-corrected chi connectivity index (χ3v) is 3.00. The minimum Gasteiger partial charge on any atom is -0.289 e. The van der Waals surface area contributed by atoms with Gasteiger partial charge in [-0.1, -0.05) is 31.2 Å². The Morgan fingerprint density at radius 1 is 1.15 bits per heavy atom. The van der Waals surface area contributed by atoms with Gasteiger partial charge >= 0.3 is 6.18 Å². The summed E-state index contributed by atoms with van der Waals surface area (Å²) in [6.07, 6.45) is -1.79. The van der Waals surface area contributed by atoms with Crippen LogP contribution in [-0.4, -0.2) is 10.8 Å². The highest BCUT2D eigenvalue weighted by Gasteiger charge is 2.35. The van der Waals surface area contributed by atoms with Gasteiger partial charge in [-0.05, 0) is 18.1 Å². The molecule has 0 aliphatic rings. The normalized spacial score (nSPS) is 11.4. The lowest BCUT2D eigenvalue weighted by Crippen LogP contribution is -2.14. The molecule has 0 fully saturated rings. The monoisotopic (exact) mass is 279 g/mol. The van der Waals surface area contributed by atoms with E-state index in [1.165, 1.54) is 12.1 Å². The number of alkyl halides is 3. The number of hydrogen-bond donors (Lipinski definition) is 0. The summed E-state index contributed by atoms with van der Waals surface area (Å²) in [6, 6.07) is 7.35. The summed E-state index contributed by atoms with van der Waals surface area (Å²) in [5.41, 5.74) is -0.147. The van der Waals surface area contributed by atoms with E-state index in [2.05, 4.69) is 4.98 Å². The van der Waals surface area contributed by atoms with Crippen LogP contribution in [0.4, 0.5) is 13.2 Å². The average molecular weight is 279 g/mol. The van der Waals surface area contributed by atoms with Gasteiger partial charge in [0.25, 0.3) is 0 Å². The molecule has 0 radical (unpaired) electrons. The second kappa shape index (κ2) is 5.45. The lowest BCUT2D eigenvalue weighted by molar-refractivity contribution is -0.137. The Bertz CT molecular complexity index is 618. The molecule has 104 valence electrons. The molecule has 0 saturated heterocycles. The summed E-state index contributed by atoms with van der Waals surface area (Å²) in [6.45, 7) is 1.96. The molecule has 2 aromatic rings. The maximum atomic E-state index is 12.9. The highest BCUT2D eigenvalue weighted by molar-refractivity contribution is 6.09. The van der Waals surface area contributed by atoms with Crippen LogP contribution < -0.4 is 0 Å². The number of aryl methyl sites for hydroxylation is 1. The number of ketones is 1. The van der Waals surface area contributed by atoms with E-state index >= 15 is 0 Å². The maximum absolute atomic E-state index is 12.9. The van der Waals surface area contributed by atoms with Crippen molar-refractivity contribution in [1.29, 1.82) is 0 Å². The number of hydrogen-bond acceptors (Lipinski definition) is 2. The van der Waals surface area contributed by atoms with E-state index in [4.69, 9.17) is 0 Å². The zero-order chi connectivity index (χ0) is 14.8. The Kier molecular flexibility index (Phi) is 3.88. The van der Waals surface area contributed by atoms with Crippen molar-refractivity contribution in [3.8, 4) is 0 Å². The van der Waals surface area contributed by atoms with Crippen LogP contribution >= 0.6 is 0 Å². The van der Waals surface area contributed by atoms with E-state index in [1.807, 2.05) is 6.92 Å². The van der Waals surface area contributed by atoms with E-state index < -0.39 is 23.1 Å². The van der Waals surface area contributed by atoms with Gasteiger partial charge in [-0.25, -0.2) is 0 Å². The van der Waals surface area contributed by atoms with Crippen molar-refractivity contribution in [2.24, 2.45) is 0 Å². The van der Waals surface area contributed by atoms with Crippen molar-refractivity contribution < 1.29 is 18.0 Å². The van der Waals surface area contributed by atoms with E-state index in [-0.39, 0.29) is 5.56 Å². The quantitative estimate of drug-likeness (QED) is 0.798. The van der Waals surface area contributed by atoms with Crippen molar-refractivity contribution in [3.63, 3.8) is 0 Å². The number of aromatic nitrogens is 1. The molecule has 0 spiro atoms. The molecule has 0 amide bonds. The van der Waals surface area contributed by atoms with Crippen LogP contribution in [0.5, 0.6) is 0 Å². The van der Waals surface area contributed by atoms with Crippen LogP contribution in [0, 0.1) is 0 Å². The molecule has 2 nitrogen and oxygen atoms in total. The summed E-state index contributed by atoms with van der Waals surface area (Å²) in [5.74, 6) is -0.673. The molecule has 0 saturated carbocycles. The largest absolute Gasteiger partial charge is 0.417 e. The van der Waals surface area contributed by atoms with E-state index in [9.17, 15) is 18.0 Å². The fourth-order valence-corrected chi connectivity index (χ4v) is 1.87. The molecule has 0 unspecified atom stereocenters. The van der Waals surface area contributed by atoms with Gasteiger partial charge in [0.2, 0.25) is 0 Å². The van der Waals surface area contributed by atoms with Crippen LogP contribution in [-0.2, 0) is 12.6 Å². The SMILES string of the molecule is CCc1ccc(C(=O)c2cnccc2C(F)(F)F)cc1. The molecule has 1 aromatic carbocycles. The topological polar surface area (TPSA) is 30.0 Å². The number of rotatable bonds is 3. The first-order valence-corrected chi connectivity index (χ1v) is 6.08. The van der Waals surface area contributed by atoms with E-state index in [0.717, 1.165) is 30.4 Å². The molecule has 20 heavy (non-hydrogen) atoms. The number of carbonyl (C=O) groups is 1. The maximum Gasteiger partial charge on any atom is 0.417 e. The molecule has 0 atom stereocenters. The van der Waals surface area contributed by atoms with Gasteiger partial charge in [0, 0.05) is 18.0 Å². The lowest BCUT2D eigenvalue weighted by Gasteiger charge is -2.11. The molecule has 0 aliphatic heterocycles. The first kappa shape index (κ1) is 14.2. The van der Waals surface area contributed by atoms with Crippen molar-refractivity contribution in [3.05, 3.63) is 65.0 Å². The fourth-order valence-electron chi connectivity index (χ4n) is 1.87. The van der Waals surface area contributed by atoms with Crippen LogP contribution in [0.15, 0.2) is 42.7 Å². The first-order valence-electron chi connectivity index (χ1n) is 6.08. The van der Waals surface area contributed by atoms with Gasteiger partial charge in [-0.3, -0.25) is 9.78 Å². The third-order valence-electron chi connectivity index (χ3n) is 3.00. The smallest absolute Gasteiger partial charge is 0.289 e. The van der Waals surface area contributed by atoms with Crippen LogP contribution in [0.1, 0.15) is 34.0 Å². The average Bonchev–Trinajstić information content (AvgIpc) is 2.46. The molecule has 0 N–H and O–H groups in total. The standard InChI is InChI=1S/C15H12F3NO/c1-2-10-3-5-11(6-4-10)14(20)12-9-19-8-7-13(12)15(16,17)18/h3-9H,2H2,1H3. The van der Waals surface area contributed by atoms with Crippen molar-refractivity contribution in [2.75, 3.05) is 0 Å². The minimum absolute atomic E-state index is 0.223. The van der Waals surface area contributed by atoms with Crippen LogP contribution in [0.25, 0.3) is 0 Å². The molecular formula is C15H12F3NO. The van der Waals surface area contributed by atoms with Crippen molar-refractivity contribution >= 4 is 5.78 Å². The number of halogens is 3. The van der Waals surface area contributed by atoms with Crippen LogP contribution in [0.2, 0.25) is 0 Å². The second-order valence-electron chi connectivity index (χ2n) is 4.30. The van der Waals surface area contributed by atoms with E-state index in [0.29, 0.717) is 0 Å². The molecule has 2 rings (SSSR count). The molecule has 0 bridgehead atoms. The van der Waals surface area contributed by atoms with Gasteiger partial charge in [0.05, 0.1) is 11.1 Å². The van der Waals surface area contributed by atoms with Crippen molar-refractivity contribution in [1.82, 2.24) is 4.98 Å². The highest BCUT2D eigenvalue weighted by atomic mass is 19.4. The molecule has 1 aromatic heterocycles. The molecule has 0 aliphatic carbocycles. The van der Waals surface area contributed by atoms with Gasteiger partial charge in [-0.15, -0.1) is 0 Å². The minimum atomic E-state index is -4.57. The predicted octanol–water partition coefficient (Wildman–Crippen LogP) is 3.89. The Balaban J connectivity index is 2.43. The number of benzene rings is 1. The Morgan fingerprint density at radius 2 is 1.80 bits per heavy atom. The Hall–Kier alpha value is -2.17. The zero-order valence-electron chi connectivity index (χ0n) is 10.7. The lowest BCUT2D eigenvalue weighted by atomic mass is 9.99. The fraction of sp³-hybridized carbons (Fsp3) is 0.200.